The molecule has 0 bridgehead atoms. The summed E-state index contributed by atoms with van der Waals surface area (Å²) in [5, 5.41) is 8.62. The zero-order chi connectivity index (χ0) is 14.0. The average molecular weight is 337 g/mol. The molecule has 0 saturated heterocycles. The molecule has 0 radical (unpaired) electrons. The molecule has 2 rings (SSSR count). The van der Waals surface area contributed by atoms with Gasteiger partial charge in [0.05, 0.1) is 0 Å². The summed E-state index contributed by atoms with van der Waals surface area (Å²) in [4.78, 5) is 13.5. The Morgan fingerprint density at radius 3 is 2.63 bits per heavy atom. The van der Waals surface area contributed by atoms with E-state index in [0.29, 0.717) is 16.6 Å². The van der Waals surface area contributed by atoms with E-state index in [1.54, 1.807) is 25.2 Å². The van der Waals surface area contributed by atoms with Crippen molar-refractivity contribution in [1.29, 1.82) is 0 Å². The molecule has 0 aliphatic carbocycles. The number of hydrogen-bond donors (Lipinski definition) is 0. The van der Waals surface area contributed by atoms with Crippen LogP contribution < -0.4 is 0 Å². The van der Waals surface area contributed by atoms with E-state index >= 15 is 0 Å². The van der Waals surface area contributed by atoms with Gasteiger partial charge in [-0.2, -0.15) is 0 Å². The molecule has 2 aromatic rings. The molecule has 100 valence electrons. The fourth-order valence-corrected chi connectivity index (χ4v) is 2.72. The zero-order valence-corrected chi connectivity index (χ0v) is 12.8. The Labute approximate surface area is 128 Å². The van der Waals surface area contributed by atoms with Gasteiger partial charge < -0.3 is 4.90 Å². The highest BCUT2D eigenvalue weighted by molar-refractivity contribution is 7.17. The number of aromatic nitrogens is 2. The summed E-state index contributed by atoms with van der Waals surface area (Å²) in [6.45, 7) is 0.353. The van der Waals surface area contributed by atoms with E-state index in [9.17, 15) is 4.79 Å². The van der Waals surface area contributed by atoms with E-state index in [-0.39, 0.29) is 15.4 Å². The number of rotatable bonds is 3. The number of halogens is 3. The van der Waals surface area contributed by atoms with Crippen LogP contribution in [0.25, 0.3) is 0 Å². The molecule has 8 heteroatoms. The molecule has 0 aliphatic rings. The lowest BCUT2D eigenvalue weighted by atomic mass is 10.2. The van der Waals surface area contributed by atoms with Gasteiger partial charge >= 0.3 is 0 Å². The normalized spacial score (nSPS) is 10.5. The minimum absolute atomic E-state index is 0.237. The van der Waals surface area contributed by atoms with Crippen molar-refractivity contribution in [1.82, 2.24) is 15.1 Å². The van der Waals surface area contributed by atoms with Gasteiger partial charge in [-0.25, -0.2) is 0 Å². The van der Waals surface area contributed by atoms with Crippen molar-refractivity contribution in [2.45, 2.75) is 6.54 Å². The first-order valence-corrected chi connectivity index (χ1v) is 7.11. The van der Waals surface area contributed by atoms with E-state index in [1.807, 2.05) is 0 Å². The first-order valence-electron chi connectivity index (χ1n) is 5.16. The van der Waals surface area contributed by atoms with Crippen molar-refractivity contribution < 1.29 is 4.79 Å². The highest BCUT2D eigenvalue weighted by Crippen LogP contribution is 2.23. The predicted octanol–water partition coefficient (Wildman–Crippen LogP) is 3.77. The lowest BCUT2D eigenvalue weighted by molar-refractivity contribution is 0.0784. The Morgan fingerprint density at radius 2 is 2.05 bits per heavy atom. The molecule has 1 amide bonds. The third-order valence-corrected chi connectivity index (χ3v) is 3.95. The zero-order valence-electron chi connectivity index (χ0n) is 9.73. The van der Waals surface area contributed by atoms with Crippen LogP contribution in [0.15, 0.2) is 18.2 Å². The molecule has 1 heterocycles. The first kappa shape index (κ1) is 14.5. The third-order valence-electron chi connectivity index (χ3n) is 2.35. The summed E-state index contributed by atoms with van der Waals surface area (Å²) in [6, 6.07) is 5.14. The summed E-state index contributed by atoms with van der Waals surface area (Å²) < 4.78 is 0.237. The van der Waals surface area contributed by atoms with E-state index in [1.165, 1.54) is 4.90 Å². The molecule has 1 aromatic heterocycles. The van der Waals surface area contributed by atoms with Crippen molar-refractivity contribution >= 4 is 52.0 Å². The Bertz CT molecular complexity index is 617. The van der Waals surface area contributed by atoms with Crippen molar-refractivity contribution in [2.75, 3.05) is 7.05 Å². The van der Waals surface area contributed by atoms with Crippen molar-refractivity contribution in [3.05, 3.63) is 43.3 Å². The Hall–Kier alpha value is -0.880. The molecule has 0 unspecified atom stereocenters. The van der Waals surface area contributed by atoms with Crippen LogP contribution in [-0.4, -0.2) is 28.1 Å². The van der Waals surface area contributed by atoms with Crippen molar-refractivity contribution in [3.63, 3.8) is 0 Å². The maximum atomic E-state index is 12.0. The molecular formula is C11H8Cl3N3OS. The number of benzene rings is 1. The van der Waals surface area contributed by atoms with Gasteiger partial charge in [0.1, 0.15) is 0 Å². The van der Waals surface area contributed by atoms with Crippen LogP contribution in [0, 0.1) is 0 Å². The standard InChI is InChI=1S/C11H8Cl3N3OS/c1-17(10(18)9-15-16-11(14)19-9)5-6-2-3-7(12)4-8(6)13/h2-4H,5H2,1H3. The smallest absolute Gasteiger partial charge is 0.284 e. The molecule has 0 saturated carbocycles. The topological polar surface area (TPSA) is 46.1 Å². The van der Waals surface area contributed by atoms with Crippen LogP contribution >= 0.6 is 46.1 Å². The highest BCUT2D eigenvalue weighted by Gasteiger charge is 2.17. The molecule has 1 aromatic carbocycles. The SMILES string of the molecule is CN(Cc1ccc(Cl)cc1Cl)C(=O)c1nnc(Cl)s1. The van der Waals surface area contributed by atoms with Crippen LogP contribution in [0.5, 0.6) is 0 Å². The predicted molar refractivity (Wildman–Crippen MR) is 77.2 cm³/mol. The summed E-state index contributed by atoms with van der Waals surface area (Å²) in [7, 11) is 1.66. The maximum Gasteiger partial charge on any atom is 0.284 e. The van der Waals surface area contributed by atoms with Gasteiger partial charge in [0.25, 0.3) is 5.91 Å². The molecule has 0 N–H and O–H groups in total. The Kier molecular flexibility index (Phi) is 4.62. The van der Waals surface area contributed by atoms with E-state index in [4.69, 9.17) is 34.8 Å². The van der Waals surface area contributed by atoms with Crippen molar-refractivity contribution in [3.8, 4) is 0 Å². The molecule has 19 heavy (non-hydrogen) atoms. The number of nitrogens with zero attached hydrogens (tertiary/aromatic N) is 3. The summed E-state index contributed by atoms with van der Waals surface area (Å²) >= 11 is 18.6. The second kappa shape index (κ2) is 6.05. The average Bonchev–Trinajstić information content (AvgIpc) is 2.78. The highest BCUT2D eigenvalue weighted by atomic mass is 35.5. The molecular weight excluding hydrogens is 329 g/mol. The van der Waals surface area contributed by atoms with Crippen LogP contribution in [0.4, 0.5) is 0 Å². The quantitative estimate of drug-likeness (QED) is 0.857. The summed E-state index contributed by atoms with van der Waals surface area (Å²) in [5.74, 6) is -0.254. The lowest BCUT2D eigenvalue weighted by Gasteiger charge is -2.16. The van der Waals surface area contributed by atoms with Crippen LogP contribution in [-0.2, 0) is 6.54 Å². The number of carbonyl (C=O) groups excluding carboxylic acids is 1. The summed E-state index contributed by atoms with van der Waals surface area (Å²) in [6.07, 6.45) is 0. The number of hydrogen-bond acceptors (Lipinski definition) is 4. The van der Waals surface area contributed by atoms with Gasteiger partial charge in [0.2, 0.25) is 9.47 Å². The van der Waals surface area contributed by atoms with Gasteiger partial charge in [-0.05, 0) is 29.3 Å². The van der Waals surface area contributed by atoms with Gasteiger partial charge in [-0.1, -0.05) is 40.6 Å². The van der Waals surface area contributed by atoms with Crippen molar-refractivity contribution in [2.24, 2.45) is 0 Å². The van der Waals surface area contributed by atoms with E-state index in [0.717, 1.165) is 16.9 Å². The first-order chi connectivity index (χ1) is 8.97. The molecule has 0 aliphatic heterocycles. The minimum Gasteiger partial charge on any atom is -0.335 e. The summed E-state index contributed by atoms with van der Waals surface area (Å²) in [5.41, 5.74) is 0.803. The van der Waals surface area contributed by atoms with E-state index in [2.05, 4.69) is 10.2 Å². The Morgan fingerprint density at radius 1 is 1.32 bits per heavy atom. The third kappa shape index (κ3) is 3.57. The fourth-order valence-electron chi connectivity index (χ4n) is 1.43. The van der Waals surface area contributed by atoms with Crippen LogP contribution in [0.2, 0.25) is 14.5 Å². The Balaban J connectivity index is 2.12. The second-order valence-corrected chi connectivity index (χ2v) is 6.16. The van der Waals surface area contributed by atoms with Gasteiger partial charge in [0, 0.05) is 23.6 Å². The van der Waals surface area contributed by atoms with Gasteiger partial charge in [0.15, 0.2) is 0 Å². The van der Waals surface area contributed by atoms with E-state index < -0.39 is 0 Å². The molecule has 4 nitrogen and oxygen atoms in total. The molecule has 0 fully saturated rings. The monoisotopic (exact) mass is 335 g/mol. The van der Waals surface area contributed by atoms with Crippen LogP contribution in [0.3, 0.4) is 0 Å². The fraction of sp³-hybridized carbons (Fsp3) is 0.182. The van der Waals surface area contributed by atoms with Gasteiger partial charge in [-0.15, -0.1) is 10.2 Å². The second-order valence-electron chi connectivity index (χ2n) is 3.76. The van der Waals surface area contributed by atoms with Gasteiger partial charge in [-0.3, -0.25) is 4.79 Å². The largest absolute Gasteiger partial charge is 0.335 e. The lowest BCUT2D eigenvalue weighted by Crippen LogP contribution is -2.26. The number of carbonyl (C=O) groups is 1. The van der Waals surface area contributed by atoms with Crippen LogP contribution in [0.1, 0.15) is 15.4 Å². The molecule has 0 spiro atoms. The maximum absolute atomic E-state index is 12.0. The minimum atomic E-state index is -0.254. The molecule has 0 atom stereocenters. The number of amides is 1.